The molecule has 0 amide bonds. The van der Waals surface area contributed by atoms with Gasteiger partial charge in [0.2, 0.25) is 0 Å². The number of benzene rings is 2. The number of azo groups is 1. The minimum Gasteiger partial charge on any atom is -0.334 e. The van der Waals surface area contributed by atoms with E-state index in [-0.39, 0.29) is 5.41 Å². The van der Waals surface area contributed by atoms with Crippen LogP contribution in [0.1, 0.15) is 30.9 Å². The Balaban J connectivity index is 1.88. The second-order valence-electron chi connectivity index (χ2n) is 6.33. The molecule has 4 heteroatoms. The summed E-state index contributed by atoms with van der Waals surface area (Å²) in [6.07, 6.45) is 1.80. The van der Waals surface area contributed by atoms with Crippen LogP contribution in [0.3, 0.4) is 0 Å². The van der Waals surface area contributed by atoms with E-state index in [4.69, 9.17) is 9.47 Å². The average Bonchev–Trinajstić information content (AvgIpc) is 2.98. The van der Waals surface area contributed by atoms with Gasteiger partial charge in [0.25, 0.3) is 5.91 Å². The molecular formula is C19H20N2O2. The van der Waals surface area contributed by atoms with E-state index in [1.54, 1.807) is 7.11 Å². The first-order valence-electron chi connectivity index (χ1n) is 7.95. The fourth-order valence-corrected chi connectivity index (χ4v) is 3.82. The van der Waals surface area contributed by atoms with E-state index < -0.39 is 11.6 Å². The van der Waals surface area contributed by atoms with Crippen LogP contribution in [0, 0.1) is 0 Å². The van der Waals surface area contributed by atoms with Crippen molar-refractivity contribution in [2.24, 2.45) is 10.2 Å². The summed E-state index contributed by atoms with van der Waals surface area (Å²) in [5, 5.41) is 8.87. The van der Waals surface area contributed by atoms with E-state index in [1.165, 1.54) is 11.1 Å². The summed E-state index contributed by atoms with van der Waals surface area (Å²) in [4.78, 5) is 0. The number of rotatable bonds is 3. The largest absolute Gasteiger partial charge is 0.334 e. The van der Waals surface area contributed by atoms with Crippen LogP contribution in [0.5, 0.6) is 0 Å². The van der Waals surface area contributed by atoms with Crippen LogP contribution in [0.2, 0.25) is 0 Å². The molecule has 0 N–H and O–H groups in total. The minimum absolute atomic E-state index is 0.324. The Bertz CT molecular complexity index is 692. The van der Waals surface area contributed by atoms with Crippen molar-refractivity contribution in [2.45, 2.75) is 36.8 Å². The summed E-state index contributed by atoms with van der Waals surface area (Å²) < 4.78 is 11.7. The SMILES string of the molecule is COC1(C)N=NC2(CCC2(c2ccccc2)c2ccccc2)O1. The Labute approximate surface area is 136 Å². The van der Waals surface area contributed by atoms with E-state index in [0.717, 1.165) is 12.8 Å². The van der Waals surface area contributed by atoms with Crippen molar-refractivity contribution >= 4 is 0 Å². The van der Waals surface area contributed by atoms with Gasteiger partial charge in [-0.05, 0) is 17.5 Å². The first-order valence-corrected chi connectivity index (χ1v) is 7.95. The lowest BCUT2D eigenvalue weighted by Gasteiger charge is -2.55. The van der Waals surface area contributed by atoms with Crippen molar-refractivity contribution in [1.82, 2.24) is 0 Å². The standard InChI is InChI=1S/C19H20N2O2/c1-17(22-2)20-21-19(23-17)14-13-18(19,15-9-5-3-6-10-15)16-11-7-4-8-12-16/h3-12H,13-14H2,1-2H3. The summed E-state index contributed by atoms with van der Waals surface area (Å²) in [6, 6.07) is 20.9. The third kappa shape index (κ3) is 1.92. The maximum atomic E-state index is 6.29. The maximum absolute atomic E-state index is 6.29. The van der Waals surface area contributed by atoms with Gasteiger partial charge in [-0.3, -0.25) is 4.74 Å². The predicted molar refractivity (Wildman–Crippen MR) is 87.0 cm³/mol. The molecule has 1 saturated carbocycles. The van der Waals surface area contributed by atoms with Crippen molar-refractivity contribution in [3.63, 3.8) is 0 Å². The Hall–Kier alpha value is -2.04. The van der Waals surface area contributed by atoms with Gasteiger partial charge in [-0.2, -0.15) is 5.11 Å². The molecule has 2 aromatic rings. The molecule has 4 rings (SSSR count). The molecule has 1 aliphatic carbocycles. The topological polar surface area (TPSA) is 43.2 Å². The average molecular weight is 308 g/mol. The number of nitrogens with zero attached hydrogens (tertiary/aromatic N) is 2. The summed E-state index contributed by atoms with van der Waals surface area (Å²) in [5.41, 5.74) is 1.39. The fraction of sp³-hybridized carbons (Fsp3) is 0.368. The Morgan fingerprint density at radius 2 is 1.43 bits per heavy atom. The molecule has 118 valence electrons. The second kappa shape index (κ2) is 4.98. The van der Waals surface area contributed by atoms with Gasteiger partial charge in [0.1, 0.15) is 0 Å². The highest BCUT2D eigenvalue weighted by molar-refractivity contribution is 5.47. The molecular weight excluding hydrogens is 288 g/mol. The molecule has 2 unspecified atom stereocenters. The van der Waals surface area contributed by atoms with Crippen LogP contribution in [0.15, 0.2) is 70.9 Å². The van der Waals surface area contributed by atoms with Crippen LogP contribution in [0.25, 0.3) is 0 Å². The number of hydrogen-bond donors (Lipinski definition) is 0. The maximum Gasteiger partial charge on any atom is 0.286 e. The van der Waals surface area contributed by atoms with Crippen LogP contribution in [-0.4, -0.2) is 18.7 Å². The van der Waals surface area contributed by atoms with Gasteiger partial charge < -0.3 is 4.74 Å². The normalized spacial score (nSPS) is 31.2. The highest BCUT2D eigenvalue weighted by atomic mass is 16.7. The van der Waals surface area contributed by atoms with Crippen molar-refractivity contribution in [3.05, 3.63) is 71.8 Å². The monoisotopic (exact) mass is 308 g/mol. The minimum atomic E-state index is -1.00. The molecule has 0 saturated heterocycles. The number of hydrogen-bond acceptors (Lipinski definition) is 4. The third-order valence-corrected chi connectivity index (χ3v) is 5.17. The third-order valence-electron chi connectivity index (χ3n) is 5.17. The molecule has 2 aromatic carbocycles. The number of methoxy groups -OCH3 is 1. The molecule has 0 bridgehead atoms. The van der Waals surface area contributed by atoms with Gasteiger partial charge >= 0.3 is 0 Å². The predicted octanol–water partition coefficient (Wildman–Crippen LogP) is 4.27. The van der Waals surface area contributed by atoms with Gasteiger partial charge in [-0.25, -0.2) is 0 Å². The van der Waals surface area contributed by atoms with Crippen LogP contribution >= 0.6 is 0 Å². The lowest BCUT2D eigenvalue weighted by Crippen LogP contribution is -2.61. The molecule has 4 nitrogen and oxygen atoms in total. The molecule has 2 atom stereocenters. The van der Waals surface area contributed by atoms with E-state index in [1.807, 2.05) is 19.1 Å². The van der Waals surface area contributed by atoms with E-state index in [9.17, 15) is 0 Å². The number of ether oxygens (including phenoxy) is 2. The second-order valence-corrected chi connectivity index (χ2v) is 6.33. The Morgan fingerprint density at radius 1 is 0.870 bits per heavy atom. The molecule has 0 radical (unpaired) electrons. The van der Waals surface area contributed by atoms with Gasteiger partial charge in [-0.1, -0.05) is 60.7 Å². The van der Waals surface area contributed by atoms with Crippen molar-refractivity contribution in [2.75, 3.05) is 7.11 Å². The van der Waals surface area contributed by atoms with Crippen molar-refractivity contribution in [3.8, 4) is 0 Å². The summed E-state index contributed by atoms with van der Waals surface area (Å²) in [6.45, 7) is 1.81. The first-order chi connectivity index (χ1) is 11.1. The Morgan fingerprint density at radius 3 is 1.83 bits per heavy atom. The summed E-state index contributed by atoms with van der Waals surface area (Å²) in [7, 11) is 1.60. The van der Waals surface area contributed by atoms with Crippen molar-refractivity contribution < 1.29 is 9.47 Å². The van der Waals surface area contributed by atoms with Crippen LogP contribution < -0.4 is 0 Å². The molecule has 1 aliphatic heterocycles. The van der Waals surface area contributed by atoms with Gasteiger partial charge in [0.15, 0.2) is 5.72 Å². The molecule has 1 spiro atoms. The highest BCUT2D eigenvalue weighted by Gasteiger charge is 2.67. The molecule has 0 aromatic heterocycles. The zero-order valence-electron chi connectivity index (χ0n) is 13.4. The molecule has 2 aliphatic rings. The highest BCUT2D eigenvalue weighted by Crippen LogP contribution is 2.62. The first kappa shape index (κ1) is 14.5. The summed E-state index contributed by atoms with van der Waals surface area (Å²) >= 11 is 0. The summed E-state index contributed by atoms with van der Waals surface area (Å²) in [5.74, 6) is -1.00. The molecule has 1 fully saturated rings. The van der Waals surface area contributed by atoms with E-state index in [2.05, 4.69) is 58.8 Å². The zero-order chi connectivity index (χ0) is 16.0. The van der Waals surface area contributed by atoms with Crippen LogP contribution in [-0.2, 0) is 14.9 Å². The van der Waals surface area contributed by atoms with Crippen molar-refractivity contribution in [1.29, 1.82) is 0 Å². The molecule has 1 heterocycles. The van der Waals surface area contributed by atoms with Gasteiger partial charge in [0.05, 0.1) is 5.41 Å². The van der Waals surface area contributed by atoms with Gasteiger partial charge in [-0.15, -0.1) is 5.11 Å². The lowest BCUT2D eigenvalue weighted by molar-refractivity contribution is -0.272. The van der Waals surface area contributed by atoms with Gasteiger partial charge in [0, 0.05) is 20.5 Å². The quantitative estimate of drug-likeness (QED) is 0.850. The smallest absolute Gasteiger partial charge is 0.286 e. The zero-order valence-corrected chi connectivity index (χ0v) is 13.4. The van der Waals surface area contributed by atoms with E-state index >= 15 is 0 Å². The Kier molecular flexibility index (Phi) is 3.15. The lowest BCUT2D eigenvalue weighted by atomic mass is 9.54. The van der Waals surface area contributed by atoms with Crippen LogP contribution in [0.4, 0.5) is 0 Å². The van der Waals surface area contributed by atoms with E-state index in [0.29, 0.717) is 0 Å². The fourth-order valence-electron chi connectivity index (χ4n) is 3.82. The molecule has 23 heavy (non-hydrogen) atoms.